The van der Waals surface area contributed by atoms with Gasteiger partial charge in [0.2, 0.25) is 11.8 Å². The van der Waals surface area contributed by atoms with Gasteiger partial charge in [-0.15, -0.1) is 0 Å². The van der Waals surface area contributed by atoms with Crippen molar-refractivity contribution in [3.05, 3.63) is 34.9 Å². The van der Waals surface area contributed by atoms with Crippen LogP contribution in [0.3, 0.4) is 0 Å². The van der Waals surface area contributed by atoms with Crippen molar-refractivity contribution in [1.82, 2.24) is 15.1 Å². The maximum atomic E-state index is 13.1. The molecule has 1 aromatic rings. The minimum absolute atomic E-state index is 0.00267. The molecule has 3 aliphatic rings. The number of nitrogens with one attached hydrogen (secondary N) is 1. The van der Waals surface area contributed by atoms with Crippen LogP contribution >= 0.6 is 11.6 Å². The molecule has 0 bridgehead atoms. The Bertz CT molecular complexity index is 744. The third-order valence-electron chi connectivity index (χ3n) is 7.08. The number of hydrogen-bond donors (Lipinski definition) is 1. The smallest absolute Gasteiger partial charge is 0.242 e. The van der Waals surface area contributed by atoms with E-state index in [1.54, 1.807) is 0 Å². The summed E-state index contributed by atoms with van der Waals surface area (Å²) in [5, 5.41) is 3.91. The number of likely N-dealkylation sites (tertiary alicyclic amines) is 2. The summed E-state index contributed by atoms with van der Waals surface area (Å²) in [6, 6.07) is 7.78. The van der Waals surface area contributed by atoms with E-state index < -0.39 is 0 Å². The van der Waals surface area contributed by atoms with Crippen LogP contribution in [0, 0.1) is 5.92 Å². The van der Waals surface area contributed by atoms with Gasteiger partial charge in [-0.3, -0.25) is 14.5 Å². The topological polar surface area (TPSA) is 52.7 Å². The van der Waals surface area contributed by atoms with Crippen LogP contribution in [0.25, 0.3) is 0 Å². The van der Waals surface area contributed by atoms with Crippen LogP contribution in [0.5, 0.6) is 0 Å². The molecule has 1 saturated carbocycles. The summed E-state index contributed by atoms with van der Waals surface area (Å²) in [5.41, 5.74) is 1.14. The molecule has 2 aliphatic heterocycles. The van der Waals surface area contributed by atoms with E-state index >= 15 is 0 Å². The maximum absolute atomic E-state index is 13.1. The highest BCUT2D eigenvalue weighted by Crippen LogP contribution is 2.30. The zero-order valence-corrected chi connectivity index (χ0v) is 18.6. The van der Waals surface area contributed by atoms with Gasteiger partial charge in [-0.05, 0) is 69.3 Å². The van der Waals surface area contributed by atoms with Gasteiger partial charge in [0.15, 0.2) is 0 Å². The summed E-state index contributed by atoms with van der Waals surface area (Å²) in [5.74, 6) is 0.331. The van der Waals surface area contributed by atoms with E-state index in [0.29, 0.717) is 6.54 Å². The molecule has 0 radical (unpaired) electrons. The van der Waals surface area contributed by atoms with Gasteiger partial charge < -0.3 is 10.2 Å². The van der Waals surface area contributed by atoms with E-state index in [9.17, 15) is 9.59 Å². The first-order valence-corrected chi connectivity index (χ1v) is 12.1. The Kier molecular flexibility index (Phi) is 7.32. The molecule has 2 unspecified atom stereocenters. The van der Waals surface area contributed by atoms with E-state index in [0.717, 1.165) is 68.7 Å². The van der Waals surface area contributed by atoms with Gasteiger partial charge in [0.1, 0.15) is 6.04 Å². The highest BCUT2D eigenvalue weighted by atomic mass is 35.5. The molecule has 2 amide bonds. The van der Waals surface area contributed by atoms with Crippen LogP contribution in [-0.2, 0) is 9.59 Å². The van der Waals surface area contributed by atoms with Crippen molar-refractivity contribution < 1.29 is 9.59 Å². The van der Waals surface area contributed by atoms with Crippen LogP contribution in [0.15, 0.2) is 24.3 Å². The third-order valence-corrected chi connectivity index (χ3v) is 7.31. The number of nitrogens with zero attached hydrogens (tertiary/aromatic N) is 2. The summed E-state index contributed by atoms with van der Waals surface area (Å²) in [6.07, 6.45) is 9.54. The lowest BCUT2D eigenvalue weighted by molar-refractivity contribution is -0.142. The van der Waals surface area contributed by atoms with Crippen LogP contribution in [0.2, 0.25) is 5.02 Å². The quantitative estimate of drug-likeness (QED) is 0.735. The van der Waals surface area contributed by atoms with Gasteiger partial charge in [0.25, 0.3) is 0 Å². The SMILES string of the molecule is O=C(NCC(c1cccc(Cl)c1)N1CCCC1)C1CCCN1C(=O)C1CCCCC1. The van der Waals surface area contributed by atoms with Crippen molar-refractivity contribution in [3.63, 3.8) is 0 Å². The fourth-order valence-corrected chi connectivity index (χ4v) is 5.63. The third kappa shape index (κ3) is 5.00. The second-order valence-corrected chi connectivity index (χ2v) is 9.52. The van der Waals surface area contributed by atoms with Crippen LogP contribution < -0.4 is 5.32 Å². The monoisotopic (exact) mass is 431 g/mol. The summed E-state index contributed by atoms with van der Waals surface area (Å²) >= 11 is 6.24. The Morgan fingerprint density at radius 1 is 1.00 bits per heavy atom. The molecule has 5 nitrogen and oxygen atoms in total. The Labute approximate surface area is 185 Å². The maximum Gasteiger partial charge on any atom is 0.242 e. The first-order chi connectivity index (χ1) is 14.6. The molecule has 2 saturated heterocycles. The Morgan fingerprint density at radius 3 is 2.50 bits per heavy atom. The Hall–Kier alpha value is -1.59. The van der Waals surface area contributed by atoms with E-state index in [1.807, 2.05) is 23.1 Å². The van der Waals surface area contributed by atoms with Crippen molar-refractivity contribution in [2.75, 3.05) is 26.2 Å². The number of carbonyl (C=O) groups is 2. The number of halogens is 1. The first kappa shape index (κ1) is 21.6. The molecule has 2 atom stereocenters. The standard InChI is InChI=1S/C24H34ClN3O2/c25-20-11-6-10-19(16-20)22(27-13-4-5-14-27)17-26-23(29)21-12-7-15-28(21)24(30)18-8-2-1-3-9-18/h6,10-11,16,18,21-22H,1-5,7-9,12-15,17H2,(H,26,29). The summed E-state index contributed by atoms with van der Waals surface area (Å²) in [4.78, 5) is 30.5. The van der Waals surface area contributed by atoms with Gasteiger partial charge in [-0.2, -0.15) is 0 Å². The van der Waals surface area contributed by atoms with Gasteiger partial charge in [0, 0.05) is 24.0 Å². The molecule has 2 heterocycles. The van der Waals surface area contributed by atoms with Crippen LogP contribution in [-0.4, -0.2) is 53.8 Å². The van der Waals surface area contributed by atoms with E-state index in [1.165, 1.54) is 19.3 Å². The molecular weight excluding hydrogens is 398 g/mol. The van der Waals surface area contributed by atoms with Gasteiger partial charge in [-0.1, -0.05) is 43.0 Å². The number of amides is 2. The van der Waals surface area contributed by atoms with E-state index in [-0.39, 0.29) is 29.8 Å². The molecule has 1 N–H and O–H groups in total. The van der Waals surface area contributed by atoms with Crippen molar-refractivity contribution in [1.29, 1.82) is 0 Å². The molecule has 6 heteroatoms. The fourth-order valence-electron chi connectivity index (χ4n) is 5.43. The number of rotatable bonds is 6. The average Bonchev–Trinajstić information content (AvgIpc) is 3.46. The molecule has 1 aromatic carbocycles. The number of carbonyl (C=O) groups excluding carboxylic acids is 2. The molecular formula is C24H34ClN3O2. The van der Waals surface area contributed by atoms with Crippen molar-refractivity contribution in [2.24, 2.45) is 5.92 Å². The highest BCUT2D eigenvalue weighted by molar-refractivity contribution is 6.30. The van der Waals surface area contributed by atoms with E-state index in [2.05, 4.69) is 16.3 Å². The zero-order chi connectivity index (χ0) is 20.9. The minimum atomic E-state index is -0.307. The molecule has 0 aromatic heterocycles. The molecule has 30 heavy (non-hydrogen) atoms. The molecule has 1 aliphatic carbocycles. The lowest BCUT2D eigenvalue weighted by Gasteiger charge is -2.32. The minimum Gasteiger partial charge on any atom is -0.352 e. The van der Waals surface area contributed by atoms with Crippen molar-refractivity contribution in [3.8, 4) is 0 Å². The second kappa shape index (κ2) is 10.1. The lowest BCUT2D eigenvalue weighted by atomic mass is 9.88. The van der Waals surface area contributed by atoms with Gasteiger partial charge >= 0.3 is 0 Å². The van der Waals surface area contributed by atoms with Gasteiger partial charge in [-0.25, -0.2) is 0 Å². The molecule has 3 fully saturated rings. The fraction of sp³-hybridized carbons (Fsp3) is 0.667. The van der Waals surface area contributed by atoms with Crippen LogP contribution in [0.1, 0.15) is 69.4 Å². The van der Waals surface area contributed by atoms with Crippen molar-refractivity contribution >= 4 is 23.4 Å². The molecule has 164 valence electrons. The summed E-state index contributed by atoms with van der Waals surface area (Å²) < 4.78 is 0. The Balaban J connectivity index is 1.40. The predicted octanol–water partition coefficient (Wildman–Crippen LogP) is 4.16. The normalized spacial score (nSPS) is 24.2. The highest BCUT2D eigenvalue weighted by Gasteiger charge is 2.37. The average molecular weight is 432 g/mol. The summed E-state index contributed by atoms with van der Waals surface area (Å²) in [6.45, 7) is 3.37. The van der Waals surface area contributed by atoms with Crippen LogP contribution in [0.4, 0.5) is 0 Å². The molecule has 0 spiro atoms. The second-order valence-electron chi connectivity index (χ2n) is 9.08. The Morgan fingerprint density at radius 2 is 1.77 bits per heavy atom. The number of benzene rings is 1. The van der Waals surface area contributed by atoms with E-state index in [4.69, 9.17) is 11.6 Å². The molecule has 4 rings (SSSR count). The lowest BCUT2D eigenvalue weighted by Crippen LogP contribution is -2.49. The predicted molar refractivity (Wildman–Crippen MR) is 119 cm³/mol. The van der Waals surface area contributed by atoms with Gasteiger partial charge in [0.05, 0.1) is 6.04 Å². The first-order valence-electron chi connectivity index (χ1n) is 11.7. The van der Waals surface area contributed by atoms with Crippen molar-refractivity contribution in [2.45, 2.75) is 69.9 Å². The zero-order valence-electron chi connectivity index (χ0n) is 17.8. The summed E-state index contributed by atoms with van der Waals surface area (Å²) in [7, 11) is 0. The largest absolute Gasteiger partial charge is 0.352 e. The number of hydrogen-bond acceptors (Lipinski definition) is 3.